The summed E-state index contributed by atoms with van der Waals surface area (Å²) in [6.45, 7) is 8.08. The molecule has 35 heavy (non-hydrogen) atoms. The second kappa shape index (κ2) is 9.42. The van der Waals surface area contributed by atoms with E-state index >= 15 is 0 Å². The van der Waals surface area contributed by atoms with Crippen LogP contribution in [0.25, 0.3) is 0 Å². The smallest absolute Gasteiger partial charge is 0.259 e. The first-order valence-electron chi connectivity index (χ1n) is 12.2. The molecule has 3 aromatic rings. The predicted octanol–water partition coefficient (Wildman–Crippen LogP) is 5.50. The van der Waals surface area contributed by atoms with E-state index in [1.54, 1.807) is 47.4 Å². The summed E-state index contributed by atoms with van der Waals surface area (Å²) in [5.74, 6) is 0.383. The highest BCUT2D eigenvalue weighted by Crippen LogP contribution is 2.36. The van der Waals surface area contributed by atoms with E-state index in [9.17, 15) is 13.8 Å². The summed E-state index contributed by atoms with van der Waals surface area (Å²) < 4.78 is 13.6. The molecular weight excluding hydrogens is 456 g/mol. The van der Waals surface area contributed by atoms with Crippen LogP contribution in [-0.2, 0) is 17.3 Å². The number of rotatable bonds is 3. The molecule has 6 heteroatoms. The number of carbonyl (C=O) groups is 2. The van der Waals surface area contributed by atoms with Gasteiger partial charge in [-0.3, -0.25) is 9.59 Å². The van der Waals surface area contributed by atoms with Crippen molar-refractivity contribution in [1.82, 2.24) is 4.90 Å². The molecular formula is C29H30N2O3S. The maximum Gasteiger partial charge on any atom is 0.259 e. The molecule has 2 heterocycles. The zero-order valence-corrected chi connectivity index (χ0v) is 21.2. The van der Waals surface area contributed by atoms with Crippen LogP contribution in [-0.4, -0.2) is 34.0 Å². The van der Waals surface area contributed by atoms with Gasteiger partial charge in [-0.05, 0) is 74.1 Å². The first-order chi connectivity index (χ1) is 16.8. The van der Waals surface area contributed by atoms with Crippen LogP contribution in [0.2, 0.25) is 0 Å². The maximum absolute atomic E-state index is 13.9. The Hall–Kier alpha value is -3.25. The third kappa shape index (κ3) is 4.43. The standard InChI is InChI=1S/C29H30N2O3S/c1-19-12-14-30(15-13-19)28(32)22-10-11-27-25(17-22)31(18-23-16-20(2)8-9-21(23)3)29(33)24-6-4-5-7-26(24)35(27)34/h4-11,16-17,19H,12-15,18H2,1-3H3/t35-/m1/s1. The fourth-order valence-electron chi connectivity index (χ4n) is 4.89. The molecule has 5 rings (SSSR count). The quantitative estimate of drug-likeness (QED) is 0.491. The molecule has 3 aromatic carbocycles. The Morgan fingerprint density at radius 3 is 2.49 bits per heavy atom. The van der Waals surface area contributed by atoms with E-state index < -0.39 is 10.8 Å². The summed E-state index contributed by atoms with van der Waals surface area (Å²) in [7, 11) is -1.53. The third-order valence-corrected chi connectivity index (χ3v) is 8.66. The summed E-state index contributed by atoms with van der Waals surface area (Å²) in [5, 5.41) is 0. The van der Waals surface area contributed by atoms with Gasteiger partial charge in [0, 0.05) is 18.7 Å². The lowest BCUT2D eigenvalue weighted by molar-refractivity contribution is 0.0696. The highest BCUT2D eigenvalue weighted by molar-refractivity contribution is 7.85. The van der Waals surface area contributed by atoms with Crippen molar-refractivity contribution in [2.75, 3.05) is 18.0 Å². The van der Waals surface area contributed by atoms with Crippen LogP contribution in [0.15, 0.2) is 70.5 Å². The summed E-state index contributed by atoms with van der Waals surface area (Å²) in [5.41, 5.74) is 4.72. The minimum atomic E-state index is -1.53. The summed E-state index contributed by atoms with van der Waals surface area (Å²) in [6, 6.07) is 18.6. The lowest BCUT2D eigenvalue weighted by Gasteiger charge is -2.31. The van der Waals surface area contributed by atoms with E-state index in [4.69, 9.17) is 0 Å². The van der Waals surface area contributed by atoms with Crippen molar-refractivity contribution in [3.63, 3.8) is 0 Å². The summed E-state index contributed by atoms with van der Waals surface area (Å²) in [4.78, 5) is 31.9. The van der Waals surface area contributed by atoms with Gasteiger partial charge in [-0.25, -0.2) is 4.21 Å². The fraction of sp³-hybridized carbons (Fsp3) is 0.310. The van der Waals surface area contributed by atoms with Crippen molar-refractivity contribution in [3.8, 4) is 0 Å². The zero-order chi connectivity index (χ0) is 24.7. The Morgan fingerprint density at radius 1 is 0.971 bits per heavy atom. The van der Waals surface area contributed by atoms with E-state index in [1.165, 1.54) is 0 Å². The Bertz CT molecular complexity index is 1340. The van der Waals surface area contributed by atoms with Crippen LogP contribution in [0.4, 0.5) is 5.69 Å². The van der Waals surface area contributed by atoms with Gasteiger partial charge in [0.15, 0.2) is 0 Å². The molecule has 0 spiro atoms. The number of nitrogens with zero attached hydrogens (tertiary/aromatic N) is 2. The number of fused-ring (bicyclic) bond motifs is 2. The second-order valence-electron chi connectivity index (χ2n) is 9.74. The average molecular weight is 487 g/mol. The Balaban J connectivity index is 1.62. The van der Waals surface area contributed by atoms with Gasteiger partial charge in [0.2, 0.25) is 0 Å². The van der Waals surface area contributed by atoms with Gasteiger partial charge >= 0.3 is 0 Å². The lowest BCUT2D eigenvalue weighted by atomic mass is 9.98. The highest BCUT2D eigenvalue weighted by atomic mass is 32.2. The first-order valence-corrected chi connectivity index (χ1v) is 13.3. The molecule has 0 aliphatic carbocycles. The summed E-state index contributed by atoms with van der Waals surface area (Å²) >= 11 is 0. The van der Waals surface area contributed by atoms with Crippen LogP contribution in [0.5, 0.6) is 0 Å². The topological polar surface area (TPSA) is 57.7 Å². The van der Waals surface area contributed by atoms with E-state index in [1.807, 2.05) is 18.7 Å². The molecule has 1 saturated heterocycles. The molecule has 5 nitrogen and oxygen atoms in total. The molecule has 0 saturated carbocycles. The second-order valence-corrected chi connectivity index (χ2v) is 11.2. The molecule has 2 aliphatic rings. The van der Waals surface area contributed by atoms with Gasteiger partial charge in [0.05, 0.1) is 38.4 Å². The number of piperidine rings is 1. The van der Waals surface area contributed by atoms with Gasteiger partial charge in [-0.2, -0.15) is 0 Å². The molecule has 2 aliphatic heterocycles. The van der Waals surface area contributed by atoms with Crippen LogP contribution in [0.1, 0.15) is 57.2 Å². The van der Waals surface area contributed by atoms with Gasteiger partial charge < -0.3 is 9.80 Å². The van der Waals surface area contributed by atoms with Crippen molar-refractivity contribution in [1.29, 1.82) is 0 Å². The number of benzene rings is 3. The molecule has 1 fully saturated rings. The lowest BCUT2D eigenvalue weighted by Crippen LogP contribution is -2.38. The Morgan fingerprint density at radius 2 is 1.71 bits per heavy atom. The zero-order valence-electron chi connectivity index (χ0n) is 20.4. The molecule has 0 aromatic heterocycles. The number of amides is 2. The number of aryl methyl sites for hydroxylation is 2. The average Bonchev–Trinajstić information content (AvgIpc) is 2.95. The van der Waals surface area contributed by atoms with Crippen molar-refractivity contribution < 1.29 is 13.8 Å². The van der Waals surface area contributed by atoms with Crippen molar-refractivity contribution in [2.24, 2.45) is 5.92 Å². The van der Waals surface area contributed by atoms with Crippen LogP contribution >= 0.6 is 0 Å². The molecule has 0 N–H and O–H groups in total. The normalized spacial score (nSPS) is 18.1. The maximum atomic E-state index is 13.9. The van der Waals surface area contributed by atoms with Crippen molar-refractivity contribution in [3.05, 3.63) is 88.5 Å². The molecule has 0 bridgehead atoms. The number of anilines is 1. The van der Waals surface area contributed by atoms with Crippen LogP contribution in [0, 0.1) is 19.8 Å². The number of carbonyl (C=O) groups excluding carboxylic acids is 2. The predicted molar refractivity (Wildman–Crippen MR) is 138 cm³/mol. The molecule has 1 atom stereocenters. The first kappa shape index (κ1) is 23.5. The Labute approximate surface area is 209 Å². The van der Waals surface area contributed by atoms with Gasteiger partial charge in [0.25, 0.3) is 11.8 Å². The number of likely N-dealkylation sites (tertiary alicyclic amines) is 1. The van der Waals surface area contributed by atoms with Crippen molar-refractivity contribution >= 4 is 28.3 Å². The van der Waals surface area contributed by atoms with E-state index in [0.29, 0.717) is 39.1 Å². The van der Waals surface area contributed by atoms with E-state index in [2.05, 4.69) is 25.1 Å². The van der Waals surface area contributed by atoms with Crippen molar-refractivity contribution in [2.45, 2.75) is 49.9 Å². The molecule has 2 amide bonds. The largest absolute Gasteiger partial charge is 0.339 e. The number of hydrogen-bond donors (Lipinski definition) is 0. The third-order valence-electron chi connectivity index (χ3n) is 7.16. The highest BCUT2D eigenvalue weighted by Gasteiger charge is 2.32. The SMILES string of the molecule is Cc1ccc(C)c(CN2C(=O)c3ccccc3[S@@](=O)c3ccc(C(=O)N4CCC(C)CC4)cc32)c1. The van der Waals surface area contributed by atoms with Gasteiger partial charge in [-0.1, -0.05) is 42.8 Å². The van der Waals surface area contributed by atoms with Gasteiger partial charge in [-0.15, -0.1) is 0 Å². The van der Waals surface area contributed by atoms with Gasteiger partial charge in [0.1, 0.15) is 0 Å². The van der Waals surface area contributed by atoms with E-state index in [0.717, 1.165) is 42.6 Å². The molecule has 180 valence electrons. The minimum absolute atomic E-state index is 0.0358. The minimum Gasteiger partial charge on any atom is -0.339 e. The summed E-state index contributed by atoms with van der Waals surface area (Å²) in [6.07, 6.45) is 1.99. The molecule has 0 radical (unpaired) electrons. The Kier molecular flexibility index (Phi) is 6.32. The molecule has 0 unspecified atom stereocenters. The fourth-order valence-corrected chi connectivity index (χ4v) is 6.23. The van der Waals surface area contributed by atoms with E-state index in [-0.39, 0.29) is 11.8 Å². The number of hydrogen-bond acceptors (Lipinski definition) is 3. The van der Waals surface area contributed by atoms with Crippen LogP contribution in [0.3, 0.4) is 0 Å². The van der Waals surface area contributed by atoms with Crippen LogP contribution < -0.4 is 4.90 Å². The monoisotopic (exact) mass is 486 g/mol.